The molecule has 0 saturated heterocycles. The molecule has 0 amide bonds. The lowest BCUT2D eigenvalue weighted by atomic mass is 9.87. The maximum absolute atomic E-state index is 8.88. The first-order valence-electron chi connectivity index (χ1n) is 8.35. The van der Waals surface area contributed by atoms with Crippen LogP contribution in [0.5, 0.6) is 0 Å². The first-order chi connectivity index (χ1) is 9.29. The average Bonchev–Trinajstić information content (AvgIpc) is 2.68. The monoisotopic (exact) mass is 270 g/mol. The van der Waals surface area contributed by atoms with Crippen molar-refractivity contribution in [1.82, 2.24) is 4.90 Å². The van der Waals surface area contributed by atoms with Gasteiger partial charge in [0.2, 0.25) is 0 Å². The van der Waals surface area contributed by atoms with Crippen LogP contribution >= 0.6 is 0 Å². The van der Waals surface area contributed by atoms with Gasteiger partial charge in [-0.05, 0) is 51.6 Å². The number of hydrogen-bond acceptors (Lipinski definition) is 3. The van der Waals surface area contributed by atoms with Gasteiger partial charge >= 0.3 is 0 Å². The summed E-state index contributed by atoms with van der Waals surface area (Å²) in [6.07, 6.45) is 12.5. The van der Waals surface area contributed by atoms with E-state index in [1.54, 1.807) is 0 Å². The molecule has 0 heterocycles. The Hall–Kier alpha value is -0.120. The summed E-state index contributed by atoms with van der Waals surface area (Å²) >= 11 is 0. The second-order valence-electron chi connectivity index (χ2n) is 6.11. The summed E-state index contributed by atoms with van der Waals surface area (Å²) in [6, 6.07) is 0. The van der Waals surface area contributed by atoms with Gasteiger partial charge in [-0.15, -0.1) is 0 Å². The lowest BCUT2D eigenvalue weighted by molar-refractivity contribution is 0.0750. The molecule has 1 fully saturated rings. The minimum absolute atomic E-state index is 0.270. The van der Waals surface area contributed by atoms with E-state index >= 15 is 0 Å². The van der Waals surface area contributed by atoms with Gasteiger partial charge in [0.15, 0.2) is 0 Å². The van der Waals surface area contributed by atoms with Crippen LogP contribution in [-0.4, -0.2) is 41.8 Å². The van der Waals surface area contributed by atoms with Gasteiger partial charge in [0.25, 0.3) is 0 Å². The van der Waals surface area contributed by atoms with Crippen molar-refractivity contribution in [2.24, 2.45) is 5.73 Å². The van der Waals surface area contributed by atoms with Gasteiger partial charge in [0, 0.05) is 18.7 Å². The number of aliphatic hydroxyl groups excluding tert-OH is 1. The molecule has 1 saturated carbocycles. The second-order valence-corrected chi connectivity index (χ2v) is 6.11. The molecule has 0 atom stereocenters. The van der Waals surface area contributed by atoms with Crippen LogP contribution in [-0.2, 0) is 0 Å². The maximum Gasteiger partial charge on any atom is 0.0431 e. The zero-order valence-electron chi connectivity index (χ0n) is 12.9. The highest BCUT2D eigenvalue weighted by molar-refractivity contribution is 4.93. The van der Waals surface area contributed by atoms with E-state index in [-0.39, 0.29) is 5.54 Å². The summed E-state index contributed by atoms with van der Waals surface area (Å²) < 4.78 is 0. The van der Waals surface area contributed by atoms with Crippen LogP contribution in [0, 0.1) is 0 Å². The standard InChI is InChI=1S/C16H34N2O/c1-2-12-18(13-8-5-9-14-19)16(15-17)10-6-3-4-7-11-16/h19H,2-15,17H2,1H3. The molecule has 19 heavy (non-hydrogen) atoms. The number of rotatable bonds is 9. The van der Waals surface area contributed by atoms with E-state index < -0.39 is 0 Å². The SMILES string of the molecule is CCCN(CCCCCO)C1(CN)CCCCCC1. The zero-order valence-corrected chi connectivity index (χ0v) is 12.9. The number of nitrogens with two attached hydrogens (primary N) is 1. The molecule has 3 N–H and O–H groups in total. The number of hydrogen-bond donors (Lipinski definition) is 2. The molecule has 3 heteroatoms. The topological polar surface area (TPSA) is 49.5 Å². The maximum atomic E-state index is 8.88. The first-order valence-corrected chi connectivity index (χ1v) is 8.35. The van der Waals surface area contributed by atoms with Crippen LogP contribution < -0.4 is 5.73 Å². The highest BCUT2D eigenvalue weighted by Gasteiger charge is 2.34. The summed E-state index contributed by atoms with van der Waals surface area (Å²) in [6.45, 7) is 5.74. The summed E-state index contributed by atoms with van der Waals surface area (Å²) in [5.41, 5.74) is 6.46. The predicted molar refractivity (Wildman–Crippen MR) is 82.3 cm³/mol. The molecule has 3 nitrogen and oxygen atoms in total. The van der Waals surface area contributed by atoms with Crippen molar-refractivity contribution in [2.45, 2.75) is 76.7 Å². The summed E-state index contributed by atoms with van der Waals surface area (Å²) in [5.74, 6) is 0. The fourth-order valence-corrected chi connectivity index (χ4v) is 3.48. The Bertz CT molecular complexity index is 213. The Morgan fingerprint density at radius 3 is 2.21 bits per heavy atom. The molecule has 1 rings (SSSR count). The first kappa shape index (κ1) is 16.9. The van der Waals surface area contributed by atoms with E-state index in [0.29, 0.717) is 6.61 Å². The van der Waals surface area contributed by atoms with Crippen LogP contribution in [0.3, 0.4) is 0 Å². The third-order valence-corrected chi connectivity index (χ3v) is 4.66. The molecule has 1 aliphatic carbocycles. The Balaban J connectivity index is 2.57. The van der Waals surface area contributed by atoms with Gasteiger partial charge in [-0.2, -0.15) is 0 Å². The predicted octanol–water partition coefficient (Wildman–Crippen LogP) is 2.91. The fraction of sp³-hybridized carbons (Fsp3) is 1.00. The van der Waals surface area contributed by atoms with Crippen LogP contribution in [0.2, 0.25) is 0 Å². The van der Waals surface area contributed by atoms with E-state index in [1.165, 1.54) is 57.9 Å². The molecule has 0 radical (unpaired) electrons. The highest BCUT2D eigenvalue weighted by Crippen LogP contribution is 2.32. The molecular weight excluding hydrogens is 236 g/mol. The summed E-state index contributed by atoms with van der Waals surface area (Å²) in [4.78, 5) is 2.68. The highest BCUT2D eigenvalue weighted by atomic mass is 16.2. The molecular formula is C16H34N2O. The average molecular weight is 270 g/mol. The van der Waals surface area contributed by atoms with Crippen molar-refractivity contribution in [3.8, 4) is 0 Å². The number of aliphatic hydroxyl groups is 1. The van der Waals surface area contributed by atoms with Crippen LogP contribution in [0.1, 0.15) is 71.1 Å². The van der Waals surface area contributed by atoms with Crippen molar-refractivity contribution in [3.63, 3.8) is 0 Å². The van der Waals surface area contributed by atoms with Gasteiger partial charge in [-0.1, -0.05) is 32.6 Å². The minimum atomic E-state index is 0.270. The van der Waals surface area contributed by atoms with Gasteiger partial charge in [0.1, 0.15) is 0 Å². The quantitative estimate of drug-likeness (QED) is 0.500. The lowest BCUT2D eigenvalue weighted by Gasteiger charge is -2.43. The third-order valence-electron chi connectivity index (χ3n) is 4.66. The van der Waals surface area contributed by atoms with Crippen LogP contribution in [0.25, 0.3) is 0 Å². The van der Waals surface area contributed by atoms with E-state index in [2.05, 4.69) is 11.8 Å². The van der Waals surface area contributed by atoms with Crippen molar-refractivity contribution in [2.75, 3.05) is 26.2 Å². The molecule has 1 aliphatic rings. The Kier molecular flexibility index (Phi) is 8.67. The molecule has 0 aromatic heterocycles. The number of unbranched alkanes of at least 4 members (excludes halogenated alkanes) is 2. The lowest BCUT2D eigenvalue weighted by Crippen LogP contribution is -2.54. The van der Waals surface area contributed by atoms with Crippen molar-refractivity contribution in [1.29, 1.82) is 0 Å². The zero-order chi connectivity index (χ0) is 14.0. The summed E-state index contributed by atoms with van der Waals surface area (Å²) in [7, 11) is 0. The van der Waals surface area contributed by atoms with E-state index in [9.17, 15) is 0 Å². The smallest absolute Gasteiger partial charge is 0.0431 e. The molecule has 0 aliphatic heterocycles. The third kappa shape index (κ3) is 5.41. The minimum Gasteiger partial charge on any atom is -0.396 e. The van der Waals surface area contributed by atoms with Crippen molar-refractivity contribution >= 4 is 0 Å². The molecule has 0 aromatic carbocycles. The molecule has 0 bridgehead atoms. The molecule has 0 aromatic rings. The molecule has 114 valence electrons. The Labute approximate surface area is 119 Å². The largest absolute Gasteiger partial charge is 0.396 e. The van der Waals surface area contributed by atoms with Crippen molar-refractivity contribution in [3.05, 3.63) is 0 Å². The van der Waals surface area contributed by atoms with E-state index in [4.69, 9.17) is 10.8 Å². The van der Waals surface area contributed by atoms with Crippen molar-refractivity contribution < 1.29 is 5.11 Å². The molecule has 0 unspecified atom stereocenters. The fourth-order valence-electron chi connectivity index (χ4n) is 3.48. The summed E-state index contributed by atoms with van der Waals surface area (Å²) in [5, 5.41) is 8.88. The Morgan fingerprint density at radius 1 is 1.00 bits per heavy atom. The van der Waals surface area contributed by atoms with E-state index in [1.807, 2.05) is 0 Å². The number of nitrogens with zero attached hydrogens (tertiary/aromatic N) is 1. The normalized spacial score (nSPS) is 19.6. The van der Waals surface area contributed by atoms with Gasteiger partial charge in [0.05, 0.1) is 0 Å². The van der Waals surface area contributed by atoms with Gasteiger partial charge in [-0.25, -0.2) is 0 Å². The van der Waals surface area contributed by atoms with Gasteiger partial charge < -0.3 is 10.8 Å². The molecule has 0 spiro atoms. The van der Waals surface area contributed by atoms with Crippen LogP contribution in [0.15, 0.2) is 0 Å². The Morgan fingerprint density at radius 2 is 1.68 bits per heavy atom. The van der Waals surface area contributed by atoms with Crippen LogP contribution in [0.4, 0.5) is 0 Å². The second kappa shape index (κ2) is 9.73. The van der Waals surface area contributed by atoms with E-state index in [0.717, 1.165) is 25.9 Å². The van der Waals surface area contributed by atoms with Gasteiger partial charge in [-0.3, -0.25) is 4.90 Å².